The minimum Gasteiger partial charge on any atom is -0.491 e. The third kappa shape index (κ3) is 5.72. The minimum atomic E-state index is 0.0416. The van der Waals surface area contributed by atoms with Gasteiger partial charge >= 0.3 is 0 Å². The molecule has 2 N–H and O–H groups in total. The number of likely N-dealkylation sites (tertiary alicyclic amines) is 1. The number of nitrogens with zero attached hydrogens (tertiary/aromatic N) is 1. The first-order valence-corrected chi connectivity index (χ1v) is 11.7. The number of amides is 1. The van der Waals surface area contributed by atoms with Gasteiger partial charge in [0, 0.05) is 25.4 Å². The van der Waals surface area contributed by atoms with Crippen LogP contribution in [0.3, 0.4) is 0 Å². The zero-order valence-corrected chi connectivity index (χ0v) is 18.5. The van der Waals surface area contributed by atoms with Gasteiger partial charge in [0.1, 0.15) is 12.4 Å². The average Bonchev–Trinajstić information content (AvgIpc) is 3.13. The number of ether oxygens (including phenoxy) is 2. The molecule has 0 radical (unpaired) electrons. The molecule has 0 bridgehead atoms. The Morgan fingerprint density at radius 2 is 2.00 bits per heavy atom. The molecule has 27 heavy (non-hydrogen) atoms. The fourth-order valence-corrected chi connectivity index (χ4v) is 6.23. The highest BCUT2D eigenvalue weighted by molar-refractivity contribution is 8.17. The van der Waals surface area contributed by atoms with Crippen molar-refractivity contribution < 1.29 is 14.3 Å². The molecular weight excluding hydrogens is 380 g/mol. The highest BCUT2D eigenvalue weighted by Crippen LogP contribution is 2.36. The molecule has 1 atom stereocenters. The smallest absolute Gasteiger partial charge is 0.256 e. The van der Waals surface area contributed by atoms with E-state index in [9.17, 15) is 4.79 Å². The van der Waals surface area contributed by atoms with E-state index in [1.807, 2.05) is 41.4 Å². The van der Waals surface area contributed by atoms with E-state index in [0.29, 0.717) is 34.8 Å². The Labute approximate surface area is 171 Å². The van der Waals surface area contributed by atoms with Crippen LogP contribution < -0.4 is 10.5 Å². The van der Waals surface area contributed by atoms with Crippen molar-refractivity contribution in [3.05, 3.63) is 23.3 Å². The Morgan fingerprint density at radius 3 is 2.63 bits per heavy atom. The molecule has 1 aliphatic heterocycles. The predicted molar refractivity (Wildman–Crippen MR) is 117 cm³/mol. The van der Waals surface area contributed by atoms with E-state index in [-0.39, 0.29) is 11.9 Å². The van der Waals surface area contributed by atoms with Crippen molar-refractivity contribution in [2.75, 3.05) is 44.1 Å². The zero-order chi connectivity index (χ0) is 19.8. The van der Waals surface area contributed by atoms with Gasteiger partial charge < -0.3 is 20.1 Å². The fourth-order valence-electron chi connectivity index (χ4n) is 3.36. The summed E-state index contributed by atoms with van der Waals surface area (Å²) in [5.41, 5.74) is 8.21. The summed E-state index contributed by atoms with van der Waals surface area (Å²) in [6, 6.07) is 3.90. The number of thioether (sulfide) groups is 2. The summed E-state index contributed by atoms with van der Waals surface area (Å²) >= 11 is 3.88. The van der Waals surface area contributed by atoms with Crippen LogP contribution in [0.4, 0.5) is 5.69 Å². The molecule has 1 fully saturated rings. The second-order valence-corrected chi connectivity index (χ2v) is 9.67. The van der Waals surface area contributed by atoms with Crippen molar-refractivity contribution in [3.63, 3.8) is 0 Å². The molecule has 0 unspecified atom stereocenters. The summed E-state index contributed by atoms with van der Waals surface area (Å²) in [7, 11) is 1.64. The van der Waals surface area contributed by atoms with Crippen molar-refractivity contribution in [1.29, 1.82) is 0 Å². The molecule has 152 valence electrons. The van der Waals surface area contributed by atoms with Gasteiger partial charge in [-0.1, -0.05) is 13.8 Å². The van der Waals surface area contributed by atoms with E-state index in [2.05, 4.69) is 13.8 Å². The normalized spacial score (nSPS) is 16.9. The van der Waals surface area contributed by atoms with Crippen LogP contribution in [0, 0.1) is 6.92 Å². The zero-order valence-electron chi connectivity index (χ0n) is 16.8. The maximum Gasteiger partial charge on any atom is 0.256 e. The Bertz CT molecular complexity index is 621. The molecule has 0 spiro atoms. The number of nitrogens with two attached hydrogens (primary N) is 1. The lowest BCUT2D eigenvalue weighted by atomic mass is 10.1. The van der Waals surface area contributed by atoms with E-state index < -0.39 is 0 Å². The molecule has 1 saturated heterocycles. The summed E-state index contributed by atoms with van der Waals surface area (Å²) in [6.07, 6.45) is 2.12. The predicted octanol–water partition coefficient (Wildman–Crippen LogP) is 4.04. The van der Waals surface area contributed by atoms with E-state index >= 15 is 0 Å². The Hall–Kier alpha value is -1.05. The van der Waals surface area contributed by atoms with Crippen LogP contribution in [0.2, 0.25) is 0 Å². The van der Waals surface area contributed by atoms with Crippen molar-refractivity contribution in [3.8, 4) is 5.75 Å². The third-order valence-corrected chi connectivity index (χ3v) is 7.43. The number of carbonyl (C=O) groups is 1. The molecule has 1 amide bonds. The topological polar surface area (TPSA) is 64.8 Å². The van der Waals surface area contributed by atoms with Gasteiger partial charge in [0.25, 0.3) is 5.91 Å². The number of methoxy groups -OCH3 is 1. The van der Waals surface area contributed by atoms with E-state index in [4.69, 9.17) is 15.2 Å². The van der Waals surface area contributed by atoms with Gasteiger partial charge in [-0.05, 0) is 42.9 Å². The Kier molecular flexibility index (Phi) is 9.12. The number of hydrogen-bond donors (Lipinski definition) is 1. The van der Waals surface area contributed by atoms with Crippen molar-refractivity contribution in [2.45, 2.75) is 44.2 Å². The molecule has 0 aromatic heterocycles. The average molecular weight is 413 g/mol. The van der Waals surface area contributed by atoms with Gasteiger partial charge in [0.15, 0.2) is 0 Å². The molecule has 1 heterocycles. The molecule has 1 aromatic carbocycles. The number of rotatable bonds is 10. The van der Waals surface area contributed by atoms with Crippen LogP contribution in [0.15, 0.2) is 12.1 Å². The Balaban J connectivity index is 2.19. The first-order chi connectivity index (χ1) is 13.0. The number of nitrogen functional groups attached to an aromatic ring is 1. The minimum absolute atomic E-state index is 0.0416. The lowest BCUT2D eigenvalue weighted by Gasteiger charge is -2.31. The van der Waals surface area contributed by atoms with Gasteiger partial charge in [-0.15, -0.1) is 23.5 Å². The van der Waals surface area contributed by atoms with E-state index in [1.165, 1.54) is 0 Å². The lowest BCUT2D eigenvalue weighted by Crippen LogP contribution is -2.41. The summed E-state index contributed by atoms with van der Waals surface area (Å²) in [4.78, 5) is 15.3. The highest BCUT2D eigenvalue weighted by atomic mass is 32.2. The largest absolute Gasteiger partial charge is 0.491 e. The number of anilines is 1. The summed E-state index contributed by atoms with van der Waals surface area (Å²) in [5.74, 6) is 2.87. The second-order valence-electron chi connectivity index (χ2n) is 6.53. The number of carbonyl (C=O) groups excluding carboxylic acids is 1. The van der Waals surface area contributed by atoms with E-state index in [1.54, 1.807) is 13.2 Å². The first kappa shape index (κ1) is 22.2. The van der Waals surface area contributed by atoms with Crippen LogP contribution in [0.5, 0.6) is 5.75 Å². The highest BCUT2D eigenvalue weighted by Gasteiger charge is 2.36. The van der Waals surface area contributed by atoms with Crippen LogP contribution in [-0.2, 0) is 4.74 Å². The quantitative estimate of drug-likeness (QED) is 0.355. The summed E-state index contributed by atoms with van der Waals surface area (Å²) < 4.78 is 11.1. The molecular formula is C20H32N2O3S2. The van der Waals surface area contributed by atoms with Gasteiger partial charge in [-0.2, -0.15) is 0 Å². The monoisotopic (exact) mass is 412 g/mol. The number of benzene rings is 1. The first-order valence-electron chi connectivity index (χ1n) is 9.59. The van der Waals surface area contributed by atoms with Crippen LogP contribution >= 0.6 is 23.5 Å². The fraction of sp³-hybridized carbons (Fsp3) is 0.650. The number of aryl methyl sites for hydroxylation is 1. The number of hydrogen-bond acceptors (Lipinski definition) is 6. The van der Waals surface area contributed by atoms with Crippen molar-refractivity contribution in [2.24, 2.45) is 0 Å². The maximum absolute atomic E-state index is 13.3. The second kappa shape index (κ2) is 11.1. The lowest BCUT2D eigenvalue weighted by molar-refractivity contribution is 0.0746. The van der Waals surface area contributed by atoms with Gasteiger partial charge in [0.2, 0.25) is 0 Å². The van der Waals surface area contributed by atoms with Crippen molar-refractivity contribution in [1.82, 2.24) is 4.90 Å². The SMILES string of the molecule is CCSC(SCC)[C@@H]1CCCN1C(=O)c1cc(C)c(OCCOC)cc1N. The molecule has 0 aliphatic carbocycles. The maximum atomic E-state index is 13.3. The van der Waals surface area contributed by atoms with Gasteiger partial charge in [0.05, 0.1) is 22.8 Å². The van der Waals surface area contributed by atoms with E-state index in [0.717, 1.165) is 36.5 Å². The molecule has 1 aromatic rings. The molecule has 1 aliphatic rings. The van der Waals surface area contributed by atoms with Crippen LogP contribution in [-0.4, -0.2) is 59.8 Å². The van der Waals surface area contributed by atoms with Gasteiger partial charge in [-0.25, -0.2) is 0 Å². The third-order valence-electron chi connectivity index (χ3n) is 4.66. The molecule has 7 heteroatoms. The summed E-state index contributed by atoms with van der Waals surface area (Å²) in [6.45, 7) is 8.09. The standard InChI is InChI=1S/C20H32N2O3S2/c1-5-26-20(27-6-2)17-8-7-9-22(17)19(23)15-12-14(3)18(13-16(15)21)25-11-10-24-4/h12-13,17,20H,5-11,21H2,1-4H3/t17-/m0/s1. The van der Waals surface area contributed by atoms with Crippen molar-refractivity contribution >= 4 is 35.1 Å². The summed E-state index contributed by atoms with van der Waals surface area (Å²) in [5, 5.41) is 0. The molecule has 2 rings (SSSR count). The van der Waals surface area contributed by atoms with Gasteiger partial charge in [-0.3, -0.25) is 4.79 Å². The molecule has 5 nitrogen and oxygen atoms in total. The Morgan fingerprint density at radius 1 is 1.30 bits per heavy atom. The van der Waals surface area contributed by atoms with Crippen LogP contribution in [0.25, 0.3) is 0 Å². The molecule has 0 saturated carbocycles. The van der Waals surface area contributed by atoms with Crippen LogP contribution in [0.1, 0.15) is 42.6 Å².